The van der Waals surface area contributed by atoms with Crippen molar-refractivity contribution in [2.45, 2.75) is 12.5 Å². The Morgan fingerprint density at radius 2 is 2.15 bits per heavy atom. The van der Waals surface area contributed by atoms with Crippen molar-refractivity contribution in [3.63, 3.8) is 0 Å². The van der Waals surface area contributed by atoms with Crippen molar-refractivity contribution in [3.05, 3.63) is 29.8 Å². The number of hydrogen-bond donors (Lipinski definition) is 2. The summed E-state index contributed by atoms with van der Waals surface area (Å²) in [5.41, 5.74) is -0.760. The third kappa shape index (κ3) is 2.18. The summed E-state index contributed by atoms with van der Waals surface area (Å²) in [4.78, 5) is 35.5. The highest BCUT2D eigenvalue weighted by molar-refractivity contribution is 6.08. The SMILES string of the molecule is COc1cccc([C@]2(C)NC(=O)N(CC(=O)O)C2=O)c1. The van der Waals surface area contributed by atoms with Crippen LogP contribution in [-0.2, 0) is 15.1 Å². The van der Waals surface area contributed by atoms with E-state index in [9.17, 15) is 14.4 Å². The maximum Gasteiger partial charge on any atom is 0.325 e. The molecule has 0 unspecified atom stereocenters. The van der Waals surface area contributed by atoms with Gasteiger partial charge in [0.15, 0.2) is 0 Å². The molecule has 106 valence electrons. The largest absolute Gasteiger partial charge is 0.497 e. The molecule has 1 saturated heterocycles. The second-order valence-electron chi connectivity index (χ2n) is 4.57. The predicted octanol–water partition coefficient (Wildman–Crippen LogP) is 0.547. The number of nitrogens with zero attached hydrogens (tertiary/aromatic N) is 1. The number of aliphatic carboxylic acids is 1. The van der Waals surface area contributed by atoms with Crippen LogP contribution in [0.5, 0.6) is 5.75 Å². The first-order chi connectivity index (χ1) is 9.38. The summed E-state index contributed by atoms with van der Waals surface area (Å²) in [6.07, 6.45) is 0. The van der Waals surface area contributed by atoms with Gasteiger partial charge in [0.2, 0.25) is 0 Å². The van der Waals surface area contributed by atoms with Crippen LogP contribution in [0, 0.1) is 0 Å². The molecule has 0 aliphatic carbocycles. The van der Waals surface area contributed by atoms with Crippen LogP contribution in [0.25, 0.3) is 0 Å². The quantitative estimate of drug-likeness (QED) is 0.784. The van der Waals surface area contributed by atoms with Crippen molar-refractivity contribution < 1.29 is 24.2 Å². The molecule has 1 aromatic rings. The Morgan fingerprint density at radius 3 is 2.75 bits per heavy atom. The molecule has 1 aliphatic rings. The fourth-order valence-electron chi connectivity index (χ4n) is 2.11. The van der Waals surface area contributed by atoms with Crippen LogP contribution < -0.4 is 10.1 Å². The number of carboxylic acid groups (broad SMARTS) is 1. The van der Waals surface area contributed by atoms with E-state index in [-0.39, 0.29) is 0 Å². The summed E-state index contributed by atoms with van der Waals surface area (Å²) in [6, 6.07) is 5.98. The van der Waals surface area contributed by atoms with Crippen molar-refractivity contribution in [2.75, 3.05) is 13.7 Å². The maximum absolute atomic E-state index is 12.3. The third-order valence-corrected chi connectivity index (χ3v) is 3.22. The number of carbonyl (C=O) groups excluding carboxylic acids is 2. The molecule has 0 radical (unpaired) electrons. The standard InChI is InChI=1S/C13H14N2O5/c1-13(8-4-3-5-9(6-8)20-2)11(18)15(7-10(16)17)12(19)14-13/h3-6H,7H2,1-2H3,(H,14,19)(H,16,17)/t13-/m0/s1. The van der Waals surface area contributed by atoms with Crippen LogP contribution in [0.4, 0.5) is 4.79 Å². The molecule has 1 fully saturated rings. The first-order valence-corrected chi connectivity index (χ1v) is 5.89. The van der Waals surface area contributed by atoms with Crippen molar-refractivity contribution in [1.82, 2.24) is 10.2 Å². The van der Waals surface area contributed by atoms with Gasteiger partial charge in [-0.1, -0.05) is 12.1 Å². The molecule has 1 heterocycles. The smallest absolute Gasteiger partial charge is 0.325 e. The zero-order valence-corrected chi connectivity index (χ0v) is 11.0. The van der Waals surface area contributed by atoms with Gasteiger partial charge in [0, 0.05) is 0 Å². The number of rotatable bonds is 4. The van der Waals surface area contributed by atoms with Crippen molar-refractivity contribution in [2.24, 2.45) is 0 Å². The molecule has 0 bridgehead atoms. The summed E-state index contributed by atoms with van der Waals surface area (Å²) in [7, 11) is 1.49. The molecule has 1 aliphatic heterocycles. The molecule has 3 amide bonds. The average molecular weight is 278 g/mol. The van der Waals surface area contributed by atoms with Gasteiger partial charge in [-0.05, 0) is 24.6 Å². The number of carbonyl (C=O) groups is 3. The number of imide groups is 1. The zero-order chi connectivity index (χ0) is 14.9. The van der Waals surface area contributed by atoms with Gasteiger partial charge >= 0.3 is 12.0 Å². The van der Waals surface area contributed by atoms with E-state index in [1.807, 2.05) is 0 Å². The van der Waals surface area contributed by atoms with Crippen LogP contribution in [0.3, 0.4) is 0 Å². The fourth-order valence-corrected chi connectivity index (χ4v) is 2.11. The zero-order valence-electron chi connectivity index (χ0n) is 11.0. The number of urea groups is 1. The van der Waals surface area contributed by atoms with Gasteiger partial charge < -0.3 is 15.2 Å². The van der Waals surface area contributed by atoms with Crippen molar-refractivity contribution in [1.29, 1.82) is 0 Å². The number of nitrogens with one attached hydrogen (secondary N) is 1. The number of benzene rings is 1. The van der Waals surface area contributed by atoms with Crippen LogP contribution in [-0.4, -0.2) is 41.6 Å². The van der Waals surface area contributed by atoms with Crippen LogP contribution in [0.15, 0.2) is 24.3 Å². The van der Waals surface area contributed by atoms with Gasteiger partial charge in [-0.25, -0.2) is 4.79 Å². The van der Waals surface area contributed by atoms with Crippen LogP contribution in [0.1, 0.15) is 12.5 Å². The van der Waals surface area contributed by atoms with E-state index in [1.54, 1.807) is 24.3 Å². The molecule has 7 nitrogen and oxygen atoms in total. The lowest BCUT2D eigenvalue weighted by atomic mass is 9.92. The fraction of sp³-hybridized carbons (Fsp3) is 0.308. The molecule has 7 heteroatoms. The second kappa shape index (κ2) is 4.84. The van der Waals surface area contributed by atoms with E-state index in [2.05, 4.69) is 5.32 Å². The van der Waals surface area contributed by atoms with Gasteiger partial charge in [0.05, 0.1) is 7.11 Å². The Balaban J connectivity index is 2.37. The number of ether oxygens (including phenoxy) is 1. The monoisotopic (exact) mass is 278 g/mol. The summed E-state index contributed by atoms with van der Waals surface area (Å²) in [6.45, 7) is 0.869. The highest BCUT2D eigenvalue weighted by Gasteiger charge is 2.49. The molecular weight excluding hydrogens is 264 g/mol. The number of carboxylic acids is 1. The van der Waals surface area contributed by atoms with Crippen LogP contribution >= 0.6 is 0 Å². The van der Waals surface area contributed by atoms with E-state index in [4.69, 9.17) is 9.84 Å². The van der Waals surface area contributed by atoms with Crippen LogP contribution in [0.2, 0.25) is 0 Å². The number of hydrogen-bond acceptors (Lipinski definition) is 4. The van der Waals surface area contributed by atoms with E-state index in [1.165, 1.54) is 14.0 Å². The minimum absolute atomic E-state index is 0.531. The lowest BCUT2D eigenvalue weighted by Gasteiger charge is -2.22. The lowest BCUT2D eigenvalue weighted by molar-refractivity contribution is -0.142. The molecule has 1 atom stereocenters. The third-order valence-electron chi connectivity index (χ3n) is 3.22. The number of methoxy groups -OCH3 is 1. The molecular formula is C13H14N2O5. The molecule has 20 heavy (non-hydrogen) atoms. The predicted molar refractivity (Wildman–Crippen MR) is 68.2 cm³/mol. The maximum atomic E-state index is 12.3. The highest BCUT2D eigenvalue weighted by atomic mass is 16.5. The first-order valence-electron chi connectivity index (χ1n) is 5.89. The number of amides is 3. The van der Waals surface area contributed by atoms with Gasteiger partial charge in [-0.15, -0.1) is 0 Å². The Hall–Kier alpha value is -2.57. The summed E-state index contributed by atoms with van der Waals surface area (Å²) in [5, 5.41) is 11.3. The van der Waals surface area contributed by atoms with Gasteiger partial charge in [-0.3, -0.25) is 14.5 Å². The first kappa shape index (κ1) is 13.9. The molecule has 1 aromatic carbocycles. The van der Waals surface area contributed by atoms with Gasteiger partial charge in [-0.2, -0.15) is 0 Å². The van der Waals surface area contributed by atoms with E-state index in [0.29, 0.717) is 16.2 Å². The van der Waals surface area contributed by atoms with Crippen molar-refractivity contribution in [3.8, 4) is 5.75 Å². The van der Waals surface area contributed by atoms with E-state index in [0.717, 1.165) is 0 Å². The summed E-state index contributed by atoms with van der Waals surface area (Å²) in [5.74, 6) is -1.30. The Labute approximate surface area is 115 Å². The van der Waals surface area contributed by atoms with Gasteiger partial charge in [0.25, 0.3) is 5.91 Å². The highest BCUT2D eigenvalue weighted by Crippen LogP contribution is 2.30. The minimum atomic E-state index is -1.29. The normalized spacial score (nSPS) is 21.8. The second-order valence-corrected chi connectivity index (χ2v) is 4.57. The topological polar surface area (TPSA) is 95.9 Å². The molecule has 0 saturated carbocycles. The van der Waals surface area contributed by atoms with E-state index >= 15 is 0 Å². The molecule has 2 N–H and O–H groups in total. The summed E-state index contributed by atoms with van der Waals surface area (Å²) >= 11 is 0. The molecule has 0 aromatic heterocycles. The average Bonchev–Trinajstić information content (AvgIpc) is 2.63. The van der Waals surface area contributed by atoms with Crippen molar-refractivity contribution >= 4 is 17.9 Å². The lowest BCUT2D eigenvalue weighted by Crippen LogP contribution is -2.41. The van der Waals surface area contributed by atoms with Gasteiger partial charge in [0.1, 0.15) is 17.8 Å². The molecule has 0 spiro atoms. The Kier molecular flexibility index (Phi) is 3.35. The Bertz CT molecular complexity index is 586. The minimum Gasteiger partial charge on any atom is -0.497 e. The molecule has 2 rings (SSSR count). The Morgan fingerprint density at radius 1 is 1.45 bits per heavy atom. The summed E-state index contributed by atoms with van der Waals surface area (Å²) < 4.78 is 5.08. The van der Waals surface area contributed by atoms with E-state index < -0.39 is 30.0 Å².